The number of ether oxygens (including phenoxy) is 2. The minimum absolute atomic E-state index is 0.0903. The minimum Gasteiger partial charge on any atom is -0.487 e. The van der Waals surface area contributed by atoms with Crippen LogP contribution in [0.15, 0.2) is 83.5 Å². The normalized spacial score (nSPS) is 14.4. The second kappa shape index (κ2) is 13.3. The van der Waals surface area contributed by atoms with Gasteiger partial charge in [-0.15, -0.1) is 0 Å². The summed E-state index contributed by atoms with van der Waals surface area (Å²) in [5, 5.41) is 4.09. The SMILES string of the molecule is [2H]C([2H])(c1ccc(-c2ccc3ncnc(Nc4ccc(OCc5cccc(F)c5)c(Cl)c4)c3c2)o1)N(C(=O)OC(C)(C)C)C([2H])([2H])C([2H])([2H])C. The Balaban J connectivity index is 1.42. The van der Waals surface area contributed by atoms with Crippen LogP contribution in [0.5, 0.6) is 5.75 Å². The molecule has 8 nitrogen and oxygen atoms in total. The van der Waals surface area contributed by atoms with Gasteiger partial charge >= 0.3 is 6.09 Å². The smallest absolute Gasteiger partial charge is 0.410 e. The Labute approximate surface area is 269 Å². The first kappa shape index (κ1) is 23.8. The van der Waals surface area contributed by atoms with Gasteiger partial charge < -0.3 is 24.1 Å². The molecule has 0 fully saturated rings. The molecule has 0 radical (unpaired) electrons. The van der Waals surface area contributed by atoms with E-state index in [0.717, 1.165) is 6.92 Å². The van der Waals surface area contributed by atoms with Gasteiger partial charge in [-0.3, -0.25) is 0 Å². The number of carbonyl (C=O) groups excluding carboxylic acids is 1. The molecule has 2 aromatic heterocycles. The summed E-state index contributed by atoms with van der Waals surface area (Å²) in [6, 6.07) is 18.9. The quantitative estimate of drug-likeness (QED) is 0.166. The number of carbonyl (C=O) groups is 1. The molecule has 0 aliphatic rings. The fourth-order valence-electron chi connectivity index (χ4n) is 4.13. The van der Waals surface area contributed by atoms with Crippen molar-refractivity contribution in [2.24, 2.45) is 0 Å². The Morgan fingerprint density at radius 1 is 1.09 bits per heavy atom. The lowest BCUT2D eigenvalue weighted by atomic mass is 10.1. The van der Waals surface area contributed by atoms with Gasteiger partial charge in [0, 0.05) is 28.6 Å². The van der Waals surface area contributed by atoms with E-state index in [1.165, 1.54) is 51.4 Å². The summed E-state index contributed by atoms with van der Waals surface area (Å²) in [7, 11) is 0. The van der Waals surface area contributed by atoms with Gasteiger partial charge in [-0.25, -0.2) is 19.2 Å². The molecule has 3 aromatic carbocycles. The summed E-state index contributed by atoms with van der Waals surface area (Å²) in [5.74, 6) is 0.171. The van der Waals surface area contributed by atoms with Gasteiger partial charge in [0.2, 0.25) is 0 Å². The molecular formula is C34H34ClFN4O4. The molecule has 10 heteroatoms. The van der Waals surface area contributed by atoms with E-state index in [0.29, 0.717) is 44.3 Å². The Hall–Kier alpha value is -4.63. The zero-order valence-electron chi connectivity index (χ0n) is 30.4. The van der Waals surface area contributed by atoms with Gasteiger partial charge in [-0.2, -0.15) is 0 Å². The molecule has 5 rings (SSSR count). The highest BCUT2D eigenvalue weighted by molar-refractivity contribution is 6.32. The van der Waals surface area contributed by atoms with Crippen LogP contribution < -0.4 is 10.1 Å². The molecule has 44 heavy (non-hydrogen) atoms. The third-order valence-corrected chi connectivity index (χ3v) is 6.32. The molecule has 1 amide bonds. The third kappa shape index (κ3) is 7.85. The maximum absolute atomic E-state index is 13.5. The maximum Gasteiger partial charge on any atom is 0.410 e. The number of anilines is 2. The van der Waals surface area contributed by atoms with Gasteiger partial charge in [0.15, 0.2) is 0 Å². The second-order valence-electron chi connectivity index (χ2n) is 10.6. The van der Waals surface area contributed by atoms with Crippen molar-refractivity contribution < 1.29 is 31.3 Å². The molecule has 1 N–H and O–H groups in total. The largest absolute Gasteiger partial charge is 0.487 e. The van der Waals surface area contributed by atoms with E-state index in [4.69, 9.17) is 33.7 Å². The number of nitrogens with zero attached hydrogens (tertiary/aromatic N) is 3. The first-order chi connectivity index (χ1) is 23.3. The summed E-state index contributed by atoms with van der Waals surface area (Å²) in [5.41, 5.74) is 1.16. The standard InChI is InChI=1S/C34H34ClFN4O4/c1-5-15-40(33(41)44-34(2,3)4)19-26-11-14-30(43-26)23-9-12-29-27(17-23)32(38-21-37-29)39-25-10-13-31(28(35)18-25)42-20-22-7-6-8-24(36)16-22/h6-14,16-18,21H,5,15,19-20H2,1-4H3,(H,37,38,39)/i5D2,15D2,19D2. The highest BCUT2D eigenvalue weighted by Gasteiger charge is 2.23. The summed E-state index contributed by atoms with van der Waals surface area (Å²) in [4.78, 5) is 22.0. The van der Waals surface area contributed by atoms with Crippen molar-refractivity contribution in [2.45, 2.75) is 52.8 Å². The van der Waals surface area contributed by atoms with Gasteiger partial charge in [0.25, 0.3) is 0 Å². The summed E-state index contributed by atoms with van der Waals surface area (Å²) in [6.07, 6.45) is -2.71. The number of nitrogens with one attached hydrogen (secondary N) is 1. The van der Waals surface area contributed by atoms with Crippen LogP contribution in [-0.2, 0) is 17.8 Å². The number of benzene rings is 3. The van der Waals surface area contributed by atoms with Crippen LogP contribution in [-0.4, -0.2) is 33.1 Å². The molecule has 0 saturated heterocycles. The lowest BCUT2D eigenvalue weighted by Gasteiger charge is -2.26. The third-order valence-electron chi connectivity index (χ3n) is 6.03. The van der Waals surface area contributed by atoms with E-state index >= 15 is 0 Å². The van der Waals surface area contributed by atoms with Crippen molar-refractivity contribution in [3.63, 3.8) is 0 Å². The van der Waals surface area contributed by atoms with Crippen LogP contribution >= 0.6 is 11.6 Å². The van der Waals surface area contributed by atoms with Crippen molar-refractivity contribution in [2.75, 3.05) is 11.8 Å². The van der Waals surface area contributed by atoms with E-state index in [-0.39, 0.29) is 23.1 Å². The molecule has 2 heterocycles. The summed E-state index contributed by atoms with van der Waals surface area (Å²) >= 11 is 6.49. The van der Waals surface area contributed by atoms with E-state index in [2.05, 4.69) is 15.3 Å². The van der Waals surface area contributed by atoms with Gasteiger partial charge in [-0.05, 0) is 93.4 Å². The molecule has 0 saturated carbocycles. The van der Waals surface area contributed by atoms with E-state index in [1.54, 1.807) is 48.5 Å². The van der Waals surface area contributed by atoms with Crippen LogP contribution in [0.2, 0.25) is 5.02 Å². The molecule has 0 aliphatic carbocycles. The molecule has 0 atom stereocenters. The van der Waals surface area contributed by atoms with Gasteiger partial charge in [0.05, 0.1) is 19.8 Å². The highest BCUT2D eigenvalue weighted by atomic mass is 35.5. The first-order valence-electron chi connectivity index (χ1n) is 16.6. The zero-order valence-corrected chi connectivity index (χ0v) is 25.2. The molecule has 0 bridgehead atoms. The monoisotopic (exact) mass is 622 g/mol. The van der Waals surface area contributed by atoms with Crippen LogP contribution in [0.3, 0.4) is 0 Å². The lowest BCUT2D eigenvalue weighted by molar-refractivity contribution is 0.0221. The van der Waals surface area contributed by atoms with Crippen molar-refractivity contribution in [3.05, 3.63) is 101 Å². The maximum atomic E-state index is 13.5. The topological polar surface area (TPSA) is 89.7 Å². The van der Waals surface area contributed by atoms with Gasteiger partial charge in [0.1, 0.15) is 47.4 Å². The summed E-state index contributed by atoms with van der Waals surface area (Å²) < 4.78 is 81.0. The number of amides is 1. The number of rotatable bonds is 10. The van der Waals surface area contributed by atoms with Crippen molar-refractivity contribution in [1.29, 1.82) is 0 Å². The van der Waals surface area contributed by atoms with Gasteiger partial charge in [-0.1, -0.05) is 30.7 Å². The van der Waals surface area contributed by atoms with Crippen molar-refractivity contribution in [3.8, 4) is 17.1 Å². The van der Waals surface area contributed by atoms with Crippen LogP contribution in [0.4, 0.5) is 20.7 Å². The minimum atomic E-state index is -3.15. The van der Waals surface area contributed by atoms with Crippen LogP contribution in [0, 0.1) is 5.82 Å². The highest BCUT2D eigenvalue weighted by Crippen LogP contribution is 2.33. The molecule has 228 valence electrons. The number of aromatic nitrogens is 2. The Morgan fingerprint density at radius 3 is 2.68 bits per heavy atom. The number of furan rings is 1. The average Bonchev–Trinajstić information content (AvgIpc) is 3.51. The predicted octanol–water partition coefficient (Wildman–Crippen LogP) is 9.15. The molecule has 0 unspecified atom stereocenters. The van der Waals surface area contributed by atoms with Crippen molar-refractivity contribution in [1.82, 2.24) is 14.9 Å². The van der Waals surface area contributed by atoms with Crippen molar-refractivity contribution >= 4 is 40.1 Å². The summed E-state index contributed by atoms with van der Waals surface area (Å²) in [6.45, 7) is -0.513. The van der Waals surface area contributed by atoms with Crippen LogP contribution in [0.1, 0.15) is 53.6 Å². The molecule has 5 aromatic rings. The molecule has 0 aliphatic heterocycles. The Kier molecular flexibility index (Phi) is 7.21. The average molecular weight is 623 g/mol. The Bertz CT molecular complexity index is 2030. The fourth-order valence-corrected chi connectivity index (χ4v) is 4.37. The first-order valence-corrected chi connectivity index (χ1v) is 14.0. The van der Waals surface area contributed by atoms with E-state index in [1.807, 2.05) is 0 Å². The lowest BCUT2D eigenvalue weighted by Crippen LogP contribution is -2.36. The number of fused-ring (bicyclic) bond motifs is 1. The van der Waals surface area contributed by atoms with Crippen LogP contribution in [0.25, 0.3) is 22.2 Å². The second-order valence-corrected chi connectivity index (χ2v) is 11.0. The predicted molar refractivity (Wildman–Crippen MR) is 170 cm³/mol. The van der Waals surface area contributed by atoms with E-state index < -0.39 is 36.8 Å². The number of halogens is 2. The Morgan fingerprint density at radius 2 is 1.93 bits per heavy atom. The van der Waals surface area contributed by atoms with E-state index in [9.17, 15) is 9.18 Å². The molecule has 0 spiro atoms. The molecular weight excluding hydrogens is 583 g/mol. The zero-order chi connectivity index (χ0) is 36.6. The fraction of sp³-hybridized carbons (Fsp3) is 0.265. The number of hydrogen-bond donors (Lipinski definition) is 1. The number of hydrogen-bond acceptors (Lipinski definition) is 7.